The molecule has 2 N–H and O–H groups in total. The highest BCUT2D eigenvalue weighted by Gasteiger charge is 2.23. The summed E-state index contributed by atoms with van der Waals surface area (Å²) in [4.78, 5) is 23.5. The molecule has 21 heavy (non-hydrogen) atoms. The average Bonchev–Trinajstić information content (AvgIpc) is 2.45. The molecular weight excluding hydrogens is 274 g/mol. The van der Waals surface area contributed by atoms with Crippen LogP contribution in [0.5, 0.6) is 11.5 Å². The summed E-state index contributed by atoms with van der Waals surface area (Å²) in [6, 6.07) is 3.85. The van der Waals surface area contributed by atoms with Crippen LogP contribution in [0, 0.1) is 5.92 Å². The Balaban J connectivity index is 2.98. The van der Waals surface area contributed by atoms with Crippen molar-refractivity contribution in [2.45, 2.75) is 26.3 Å². The van der Waals surface area contributed by atoms with Gasteiger partial charge in [-0.3, -0.25) is 4.79 Å². The van der Waals surface area contributed by atoms with Gasteiger partial charge in [0.1, 0.15) is 17.5 Å². The summed E-state index contributed by atoms with van der Waals surface area (Å²) >= 11 is 0. The zero-order chi connectivity index (χ0) is 16.0. The molecule has 1 amide bonds. The first-order chi connectivity index (χ1) is 9.88. The minimum atomic E-state index is -1.06. The van der Waals surface area contributed by atoms with E-state index in [9.17, 15) is 14.7 Å². The van der Waals surface area contributed by atoms with Crippen LogP contribution in [0.15, 0.2) is 18.2 Å². The van der Waals surface area contributed by atoms with Crippen molar-refractivity contribution in [3.05, 3.63) is 23.8 Å². The van der Waals surface area contributed by atoms with Gasteiger partial charge < -0.3 is 19.9 Å². The second kappa shape index (κ2) is 7.52. The Morgan fingerprint density at radius 1 is 1.24 bits per heavy atom. The van der Waals surface area contributed by atoms with Gasteiger partial charge in [0.05, 0.1) is 19.8 Å². The number of aliphatic carboxylic acids is 1. The summed E-state index contributed by atoms with van der Waals surface area (Å²) in [5.74, 6) is -0.546. The minimum absolute atomic E-state index is 0.151. The number of carbonyl (C=O) groups excluding carboxylic acids is 1. The van der Waals surface area contributed by atoms with Crippen molar-refractivity contribution in [3.63, 3.8) is 0 Å². The Morgan fingerprint density at radius 2 is 1.90 bits per heavy atom. The normalized spacial score (nSPS) is 11.9. The van der Waals surface area contributed by atoms with Gasteiger partial charge in [-0.1, -0.05) is 13.8 Å². The second-order valence-electron chi connectivity index (χ2n) is 5.06. The molecule has 1 atom stereocenters. The van der Waals surface area contributed by atoms with Crippen LogP contribution in [0.25, 0.3) is 0 Å². The smallest absolute Gasteiger partial charge is 0.326 e. The van der Waals surface area contributed by atoms with E-state index in [-0.39, 0.29) is 11.5 Å². The van der Waals surface area contributed by atoms with Crippen molar-refractivity contribution in [3.8, 4) is 11.5 Å². The molecule has 1 unspecified atom stereocenters. The SMILES string of the molecule is COc1ccc(OC)c(C(=O)NC(CC(C)C)C(=O)O)c1. The highest BCUT2D eigenvalue weighted by atomic mass is 16.5. The molecule has 1 aromatic rings. The third-order valence-electron chi connectivity index (χ3n) is 2.96. The lowest BCUT2D eigenvalue weighted by Crippen LogP contribution is -2.41. The fourth-order valence-electron chi connectivity index (χ4n) is 1.92. The van der Waals surface area contributed by atoms with Crippen molar-refractivity contribution in [2.24, 2.45) is 5.92 Å². The number of carboxylic acid groups (broad SMARTS) is 1. The molecule has 0 aromatic heterocycles. The Hall–Kier alpha value is -2.24. The lowest BCUT2D eigenvalue weighted by atomic mass is 10.0. The molecular formula is C15H21NO5. The molecule has 0 heterocycles. The molecule has 1 aromatic carbocycles. The number of ether oxygens (including phenoxy) is 2. The lowest BCUT2D eigenvalue weighted by Gasteiger charge is -2.17. The maximum Gasteiger partial charge on any atom is 0.326 e. The molecule has 0 spiro atoms. The molecule has 0 saturated carbocycles. The molecule has 0 aliphatic carbocycles. The summed E-state index contributed by atoms with van der Waals surface area (Å²) < 4.78 is 10.2. The largest absolute Gasteiger partial charge is 0.497 e. The van der Waals surface area contributed by atoms with Crippen molar-refractivity contribution in [1.29, 1.82) is 0 Å². The molecule has 0 aliphatic rings. The van der Waals surface area contributed by atoms with Crippen LogP contribution in [-0.2, 0) is 4.79 Å². The number of methoxy groups -OCH3 is 2. The van der Waals surface area contributed by atoms with Crippen LogP contribution in [0.2, 0.25) is 0 Å². The van der Waals surface area contributed by atoms with E-state index in [1.54, 1.807) is 12.1 Å². The van der Waals surface area contributed by atoms with Crippen LogP contribution < -0.4 is 14.8 Å². The Bertz CT molecular complexity index is 513. The summed E-state index contributed by atoms with van der Waals surface area (Å²) in [6.45, 7) is 3.79. The summed E-state index contributed by atoms with van der Waals surface area (Å²) in [6.07, 6.45) is 0.355. The van der Waals surface area contributed by atoms with E-state index in [0.717, 1.165) is 0 Å². The standard InChI is InChI=1S/C15H21NO5/c1-9(2)7-12(15(18)19)16-14(17)11-8-10(20-3)5-6-13(11)21-4/h5-6,8-9,12H,7H2,1-4H3,(H,16,17)(H,18,19). The number of hydrogen-bond donors (Lipinski definition) is 2. The van der Waals surface area contributed by atoms with Gasteiger partial charge >= 0.3 is 5.97 Å². The van der Waals surface area contributed by atoms with Crippen molar-refractivity contribution in [1.82, 2.24) is 5.32 Å². The van der Waals surface area contributed by atoms with Crippen LogP contribution in [0.3, 0.4) is 0 Å². The lowest BCUT2D eigenvalue weighted by molar-refractivity contribution is -0.139. The van der Waals surface area contributed by atoms with Gasteiger partial charge in [0.25, 0.3) is 5.91 Å². The van der Waals surface area contributed by atoms with E-state index in [4.69, 9.17) is 9.47 Å². The van der Waals surface area contributed by atoms with Crippen molar-refractivity contribution in [2.75, 3.05) is 14.2 Å². The summed E-state index contributed by atoms with van der Waals surface area (Å²) in [5, 5.41) is 11.7. The van der Waals surface area contributed by atoms with E-state index >= 15 is 0 Å². The monoisotopic (exact) mass is 295 g/mol. The Kier molecular flexibility index (Phi) is 6.02. The fourth-order valence-corrected chi connectivity index (χ4v) is 1.92. The van der Waals surface area contributed by atoms with Gasteiger partial charge in [-0.2, -0.15) is 0 Å². The highest BCUT2D eigenvalue weighted by Crippen LogP contribution is 2.24. The van der Waals surface area contributed by atoms with E-state index in [0.29, 0.717) is 17.9 Å². The van der Waals surface area contributed by atoms with E-state index in [1.165, 1.54) is 20.3 Å². The number of rotatable bonds is 7. The number of hydrogen-bond acceptors (Lipinski definition) is 4. The zero-order valence-corrected chi connectivity index (χ0v) is 12.7. The van der Waals surface area contributed by atoms with Crippen LogP contribution >= 0.6 is 0 Å². The van der Waals surface area contributed by atoms with Crippen molar-refractivity contribution < 1.29 is 24.2 Å². The number of amides is 1. The number of benzene rings is 1. The number of carbonyl (C=O) groups is 2. The maximum absolute atomic E-state index is 12.3. The molecule has 0 fully saturated rings. The van der Waals surface area contributed by atoms with E-state index in [1.807, 2.05) is 13.8 Å². The molecule has 1 rings (SSSR count). The van der Waals surface area contributed by atoms with Crippen LogP contribution in [0.4, 0.5) is 0 Å². The van der Waals surface area contributed by atoms with Gasteiger partial charge in [0.15, 0.2) is 0 Å². The van der Waals surface area contributed by atoms with Gasteiger partial charge in [-0.25, -0.2) is 4.79 Å². The molecule has 6 nitrogen and oxygen atoms in total. The summed E-state index contributed by atoms with van der Waals surface area (Å²) in [7, 11) is 2.93. The van der Waals surface area contributed by atoms with Gasteiger partial charge in [0, 0.05) is 0 Å². The first kappa shape index (κ1) is 16.8. The molecule has 116 valence electrons. The van der Waals surface area contributed by atoms with Crippen molar-refractivity contribution >= 4 is 11.9 Å². The van der Waals surface area contributed by atoms with E-state index in [2.05, 4.69) is 5.32 Å². The average molecular weight is 295 g/mol. The quantitative estimate of drug-likeness (QED) is 0.803. The van der Waals surface area contributed by atoms with Gasteiger partial charge in [-0.15, -0.1) is 0 Å². The fraction of sp³-hybridized carbons (Fsp3) is 0.467. The van der Waals surface area contributed by atoms with Gasteiger partial charge in [0.2, 0.25) is 0 Å². The molecule has 6 heteroatoms. The molecule has 0 bridgehead atoms. The second-order valence-corrected chi connectivity index (χ2v) is 5.06. The maximum atomic E-state index is 12.3. The zero-order valence-electron chi connectivity index (χ0n) is 12.7. The number of carboxylic acids is 1. The molecule has 0 saturated heterocycles. The third-order valence-corrected chi connectivity index (χ3v) is 2.96. The number of nitrogens with one attached hydrogen (secondary N) is 1. The topological polar surface area (TPSA) is 84.9 Å². The first-order valence-electron chi connectivity index (χ1n) is 6.64. The predicted octanol–water partition coefficient (Wildman–Crippen LogP) is 1.93. The Morgan fingerprint density at radius 3 is 2.38 bits per heavy atom. The predicted molar refractivity (Wildman–Crippen MR) is 77.9 cm³/mol. The van der Waals surface area contributed by atoms with Crippen LogP contribution in [-0.4, -0.2) is 37.2 Å². The molecule has 0 radical (unpaired) electrons. The molecule has 0 aliphatic heterocycles. The van der Waals surface area contributed by atoms with Crippen LogP contribution in [0.1, 0.15) is 30.6 Å². The highest BCUT2D eigenvalue weighted by molar-refractivity contribution is 5.99. The van der Waals surface area contributed by atoms with E-state index < -0.39 is 17.9 Å². The first-order valence-corrected chi connectivity index (χ1v) is 6.64. The minimum Gasteiger partial charge on any atom is -0.497 e. The third kappa shape index (κ3) is 4.66. The van der Waals surface area contributed by atoms with Gasteiger partial charge in [-0.05, 0) is 30.5 Å². The Labute approximate surface area is 124 Å². The summed E-state index contributed by atoms with van der Waals surface area (Å²) in [5.41, 5.74) is 0.242.